The molecule has 0 saturated carbocycles. The molecule has 1 N–H and O–H groups in total. The molecular formula is C19H15BrN6O3. The Morgan fingerprint density at radius 1 is 1.07 bits per heavy atom. The molecule has 0 spiro atoms. The van der Waals surface area contributed by atoms with Crippen molar-refractivity contribution in [3.8, 4) is 5.69 Å². The van der Waals surface area contributed by atoms with Gasteiger partial charge in [-0.2, -0.15) is 5.10 Å². The molecule has 0 aliphatic carbocycles. The number of benzene rings is 1. The number of carbonyl (C=O) groups is 1. The lowest BCUT2D eigenvalue weighted by Gasteiger charge is -2.09. The number of nitrogens with zero attached hydrogens (tertiary/aromatic N) is 5. The minimum atomic E-state index is -0.471. The van der Waals surface area contributed by atoms with Gasteiger partial charge >= 0.3 is 5.69 Å². The van der Waals surface area contributed by atoms with Gasteiger partial charge in [0.1, 0.15) is 5.65 Å². The van der Waals surface area contributed by atoms with Crippen molar-refractivity contribution in [1.29, 1.82) is 0 Å². The zero-order valence-corrected chi connectivity index (χ0v) is 17.0. The summed E-state index contributed by atoms with van der Waals surface area (Å²) in [4.78, 5) is 41.1. The molecule has 0 bridgehead atoms. The molecule has 0 saturated heterocycles. The van der Waals surface area contributed by atoms with Crippen LogP contribution >= 0.6 is 15.9 Å². The maximum atomic E-state index is 12.6. The van der Waals surface area contributed by atoms with E-state index in [9.17, 15) is 14.4 Å². The van der Waals surface area contributed by atoms with Crippen molar-refractivity contribution >= 4 is 38.6 Å². The molecule has 3 heterocycles. The third kappa shape index (κ3) is 3.38. The van der Waals surface area contributed by atoms with Crippen molar-refractivity contribution in [2.75, 3.05) is 5.32 Å². The first-order valence-corrected chi connectivity index (χ1v) is 9.32. The van der Waals surface area contributed by atoms with E-state index >= 15 is 0 Å². The van der Waals surface area contributed by atoms with Gasteiger partial charge in [-0.15, -0.1) is 0 Å². The molecule has 9 nitrogen and oxygen atoms in total. The van der Waals surface area contributed by atoms with Gasteiger partial charge in [0.05, 0.1) is 33.6 Å². The molecule has 4 rings (SSSR count). The highest BCUT2D eigenvalue weighted by molar-refractivity contribution is 9.10. The van der Waals surface area contributed by atoms with Crippen LogP contribution < -0.4 is 16.6 Å². The molecular weight excluding hydrogens is 440 g/mol. The van der Waals surface area contributed by atoms with Crippen LogP contribution in [0.25, 0.3) is 16.7 Å². The van der Waals surface area contributed by atoms with Crippen molar-refractivity contribution in [2.24, 2.45) is 14.1 Å². The van der Waals surface area contributed by atoms with Crippen molar-refractivity contribution in [3.05, 3.63) is 79.8 Å². The Labute approximate surface area is 172 Å². The van der Waals surface area contributed by atoms with Gasteiger partial charge < -0.3 is 5.32 Å². The first kappa shape index (κ1) is 18.8. The number of nitrogens with one attached hydrogen (secondary N) is 1. The van der Waals surface area contributed by atoms with Gasteiger partial charge in [-0.1, -0.05) is 0 Å². The van der Waals surface area contributed by atoms with Crippen LogP contribution in [0.1, 0.15) is 10.4 Å². The quantitative estimate of drug-likeness (QED) is 0.508. The third-order valence-electron chi connectivity index (χ3n) is 4.50. The molecule has 4 aromatic rings. The zero-order chi connectivity index (χ0) is 20.7. The van der Waals surface area contributed by atoms with Gasteiger partial charge in [0.2, 0.25) is 0 Å². The number of anilines is 1. The average Bonchev–Trinajstić information content (AvgIpc) is 3.17. The van der Waals surface area contributed by atoms with E-state index in [0.717, 1.165) is 14.7 Å². The van der Waals surface area contributed by atoms with E-state index in [1.54, 1.807) is 35.1 Å². The van der Waals surface area contributed by atoms with Gasteiger partial charge in [-0.05, 0) is 46.3 Å². The molecule has 0 unspecified atom stereocenters. The summed E-state index contributed by atoms with van der Waals surface area (Å²) in [6.45, 7) is 0. The van der Waals surface area contributed by atoms with Crippen molar-refractivity contribution in [1.82, 2.24) is 23.9 Å². The van der Waals surface area contributed by atoms with Gasteiger partial charge in [0.15, 0.2) is 0 Å². The largest absolute Gasteiger partial charge is 0.332 e. The van der Waals surface area contributed by atoms with Crippen molar-refractivity contribution < 1.29 is 4.79 Å². The monoisotopic (exact) mass is 454 g/mol. The van der Waals surface area contributed by atoms with E-state index in [1.165, 1.54) is 30.9 Å². The Morgan fingerprint density at radius 3 is 2.45 bits per heavy atom. The summed E-state index contributed by atoms with van der Waals surface area (Å²) in [7, 11) is 2.93. The predicted molar refractivity (Wildman–Crippen MR) is 111 cm³/mol. The van der Waals surface area contributed by atoms with Crippen molar-refractivity contribution in [2.45, 2.75) is 0 Å². The minimum absolute atomic E-state index is 0.243. The lowest BCUT2D eigenvalue weighted by molar-refractivity contribution is 0.102. The molecule has 0 atom stereocenters. The van der Waals surface area contributed by atoms with Crippen LogP contribution in [0.15, 0.2) is 63.0 Å². The standard InChI is InChI=1S/C19H15BrN6O3/c1-24-16-15(18(28)25(2)19(24)29)7-13(9-21-16)23-17(27)11-3-5-14(6-4-11)26-10-12(20)8-22-26/h3-10H,1-2H3,(H,23,27). The smallest absolute Gasteiger partial charge is 0.321 e. The van der Waals surface area contributed by atoms with Gasteiger partial charge in [-0.3, -0.25) is 18.7 Å². The fourth-order valence-electron chi connectivity index (χ4n) is 2.94. The molecule has 1 aromatic carbocycles. The molecule has 0 aliphatic rings. The number of aryl methyl sites for hydroxylation is 1. The highest BCUT2D eigenvalue weighted by Gasteiger charge is 2.12. The number of halogens is 1. The number of amides is 1. The Bertz CT molecular complexity index is 1370. The average molecular weight is 455 g/mol. The van der Waals surface area contributed by atoms with E-state index in [1.807, 2.05) is 6.20 Å². The molecule has 0 aliphatic heterocycles. The summed E-state index contributed by atoms with van der Waals surface area (Å²) in [5.41, 5.74) is 0.930. The summed E-state index contributed by atoms with van der Waals surface area (Å²) in [5.74, 6) is -0.346. The number of hydrogen-bond donors (Lipinski definition) is 1. The van der Waals surface area contributed by atoms with Crippen molar-refractivity contribution in [3.63, 3.8) is 0 Å². The number of hydrogen-bond acceptors (Lipinski definition) is 5. The van der Waals surface area contributed by atoms with Crippen LogP contribution in [0.2, 0.25) is 0 Å². The Hall–Kier alpha value is -3.53. The van der Waals surface area contributed by atoms with E-state index in [4.69, 9.17) is 0 Å². The number of rotatable bonds is 3. The zero-order valence-electron chi connectivity index (χ0n) is 15.5. The molecule has 0 fully saturated rings. The van der Waals surface area contributed by atoms with Crippen LogP contribution in [0.5, 0.6) is 0 Å². The van der Waals surface area contributed by atoms with Gasteiger partial charge in [0.25, 0.3) is 11.5 Å². The molecule has 10 heteroatoms. The second-order valence-electron chi connectivity index (χ2n) is 6.41. The second kappa shape index (κ2) is 7.13. The summed E-state index contributed by atoms with van der Waals surface area (Å²) in [6.07, 6.45) is 4.89. The number of fused-ring (bicyclic) bond motifs is 1. The fourth-order valence-corrected chi connectivity index (χ4v) is 3.23. The van der Waals surface area contributed by atoms with E-state index in [2.05, 4.69) is 31.3 Å². The minimum Gasteiger partial charge on any atom is -0.321 e. The van der Waals surface area contributed by atoms with Crippen LogP contribution in [-0.2, 0) is 14.1 Å². The molecule has 1 amide bonds. The van der Waals surface area contributed by atoms with Crippen LogP contribution in [0, 0.1) is 0 Å². The molecule has 3 aromatic heterocycles. The SMILES string of the molecule is Cn1c(=O)c2cc(NC(=O)c3ccc(-n4cc(Br)cn4)cc3)cnc2n(C)c1=O. The maximum Gasteiger partial charge on any atom is 0.332 e. The normalized spacial score (nSPS) is 11.0. The lowest BCUT2D eigenvalue weighted by Crippen LogP contribution is -2.37. The summed E-state index contributed by atoms with van der Waals surface area (Å²) < 4.78 is 4.82. The number of carbonyl (C=O) groups excluding carboxylic acids is 1. The molecule has 29 heavy (non-hydrogen) atoms. The fraction of sp³-hybridized carbons (Fsp3) is 0.105. The maximum absolute atomic E-state index is 12.6. The van der Waals surface area contributed by atoms with E-state index in [0.29, 0.717) is 11.3 Å². The van der Waals surface area contributed by atoms with Crippen LogP contribution in [0.3, 0.4) is 0 Å². The number of aromatic nitrogens is 5. The van der Waals surface area contributed by atoms with Gasteiger partial charge in [0, 0.05) is 25.9 Å². The third-order valence-corrected chi connectivity index (χ3v) is 4.91. The second-order valence-corrected chi connectivity index (χ2v) is 7.32. The highest BCUT2D eigenvalue weighted by atomic mass is 79.9. The first-order chi connectivity index (χ1) is 13.8. The topological polar surface area (TPSA) is 104 Å². The first-order valence-electron chi connectivity index (χ1n) is 8.53. The van der Waals surface area contributed by atoms with E-state index in [-0.39, 0.29) is 16.9 Å². The molecule has 0 radical (unpaired) electrons. The highest BCUT2D eigenvalue weighted by Crippen LogP contribution is 2.16. The summed E-state index contributed by atoms with van der Waals surface area (Å²) >= 11 is 3.34. The van der Waals surface area contributed by atoms with E-state index < -0.39 is 11.2 Å². The predicted octanol–water partition coefficient (Wildman–Crippen LogP) is 1.83. The Kier molecular flexibility index (Phi) is 4.63. The van der Waals surface area contributed by atoms with Crippen LogP contribution in [-0.4, -0.2) is 29.8 Å². The molecule has 146 valence electrons. The summed E-state index contributed by atoms with van der Waals surface area (Å²) in [6, 6.07) is 8.42. The Morgan fingerprint density at radius 2 is 1.79 bits per heavy atom. The summed E-state index contributed by atoms with van der Waals surface area (Å²) in [5, 5.41) is 7.16. The van der Waals surface area contributed by atoms with Gasteiger partial charge in [-0.25, -0.2) is 14.5 Å². The lowest BCUT2D eigenvalue weighted by atomic mass is 10.2. The Balaban J connectivity index is 1.62. The number of pyridine rings is 1. The van der Waals surface area contributed by atoms with Crippen LogP contribution in [0.4, 0.5) is 5.69 Å².